The van der Waals surface area contributed by atoms with Gasteiger partial charge in [-0.25, -0.2) is 4.98 Å². The SMILES string of the molecule is C=CCOc1ccc(C=C(C#N)c2nc3ccccc3[nH]2)cc1OC. The van der Waals surface area contributed by atoms with Crippen molar-refractivity contribution >= 4 is 22.7 Å². The number of imidazole rings is 1. The van der Waals surface area contributed by atoms with Crippen LogP contribution in [0, 0.1) is 11.3 Å². The number of hydrogen-bond acceptors (Lipinski definition) is 4. The molecule has 0 saturated heterocycles. The molecule has 2 aromatic carbocycles. The van der Waals surface area contributed by atoms with Crippen molar-refractivity contribution in [3.05, 3.63) is 66.5 Å². The Balaban J connectivity index is 1.96. The zero-order valence-electron chi connectivity index (χ0n) is 13.8. The molecule has 0 amide bonds. The van der Waals surface area contributed by atoms with Gasteiger partial charge in [-0.15, -0.1) is 0 Å². The lowest BCUT2D eigenvalue weighted by Crippen LogP contribution is -1.96. The van der Waals surface area contributed by atoms with E-state index in [-0.39, 0.29) is 0 Å². The lowest BCUT2D eigenvalue weighted by molar-refractivity contribution is 0.326. The highest BCUT2D eigenvalue weighted by atomic mass is 16.5. The molecular formula is C20H17N3O2. The Morgan fingerprint density at radius 1 is 1.28 bits per heavy atom. The molecule has 0 spiro atoms. The quantitative estimate of drug-likeness (QED) is 0.543. The third kappa shape index (κ3) is 3.54. The first-order chi connectivity index (χ1) is 12.2. The van der Waals surface area contributed by atoms with E-state index in [1.807, 2.05) is 42.5 Å². The molecule has 0 radical (unpaired) electrons. The molecule has 124 valence electrons. The van der Waals surface area contributed by atoms with Crippen molar-refractivity contribution in [2.24, 2.45) is 0 Å². The molecule has 0 unspecified atom stereocenters. The van der Waals surface area contributed by atoms with Crippen LogP contribution in [0.15, 0.2) is 55.1 Å². The van der Waals surface area contributed by atoms with E-state index in [0.29, 0.717) is 29.5 Å². The number of nitrogens with one attached hydrogen (secondary N) is 1. The number of aromatic nitrogens is 2. The normalized spacial score (nSPS) is 11.1. The Morgan fingerprint density at radius 3 is 2.84 bits per heavy atom. The number of H-pyrrole nitrogens is 1. The van der Waals surface area contributed by atoms with Crippen LogP contribution in [-0.2, 0) is 0 Å². The molecule has 1 aromatic heterocycles. The van der Waals surface area contributed by atoms with Crippen LogP contribution in [-0.4, -0.2) is 23.7 Å². The van der Waals surface area contributed by atoms with E-state index in [2.05, 4.69) is 22.6 Å². The largest absolute Gasteiger partial charge is 0.493 e. The Labute approximate surface area is 145 Å². The second-order valence-corrected chi connectivity index (χ2v) is 5.28. The highest BCUT2D eigenvalue weighted by Crippen LogP contribution is 2.29. The van der Waals surface area contributed by atoms with Crippen molar-refractivity contribution in [2.45, 2.75) is 0 Å². The van der Waals surface area contributed by atoms with Gasteiger partial charge in [-0.05, 0) is 35.9 Å². The monoisotopic (exact) mass is 331 g/mol. The summed E-state index contributed by atoms with van der Waals surface area (Å²) in [7, 11) is 1.58. The van der Waals surface area contributed by atoms with Gasteiger partial charge in [0.25, 0.3) is 0 Å². The maximum Gasteiger partial charge on any atom is 0.161 e. The summed E-state index contributed by atoms with van der Waals surface area (Å²) in [6, 6.07) is 15.3. The predicted octanol–water partition coefficient (Wildman–Crippen LogP) is 4.20. The zero-order chi connectivity index (χ0) is 17.6. The number of nitrogens with zero attached hydrogens (tertiary/aromatic N) is 2. The molecule has 0 fully saturated rings. The van der Waals surface area contributed by atoms with Gasteiger partial charge in [-0.2, -0.15) is 5.26 Å². The van der Waals surface area contributed by atoms with Gasteiger partial charge in [0, 0.05) is 0 Å². The van der Waals surface area contributed by atoms with Crippen molar-refractivity contribution in [3.8, 4) is 17.6 Å². The summed E-state index contributed by atoms with van der Waals surface area (Å²) in [6.45, 7) is 4.03. The van der Waals surface area contributed by atoms with Crippen molar-refractivity contribution in [1.29, 1.82) is 5.26 Å². The second-order valence-electron chi connectivity index (χ2n) is 5.28. The Hall–Kier alpha value is -3.52. The molecule has 0 bridgehead atoms. The Kier molecular flexibility index (Phi) is 4.82. The van der Waals surface area contributed by atoms with Crippen LogP contribution < -0.4 is 9.47 Å². The topological polar surface area (TPSA) is 70.9 Å². The number of para-hydroxylation sites is 2. The van der Waals surface area contributed by atoms with Crippen LogP contribution in [0.2, 0.25) is 0 Å². The van der Waals surface area contributed by atoms with Crippen LogP contribution in [0.3, 0.4) is 0 Å². The fraction of sp³-hybridized carbons (Fsp3) is 0.100. The minimum atomic E-state index is 0.397. The van der Waals surface area contributed by atoms with E-state index in [0.717, 1.165) is 16.6 Å². The van der Waals surface area contributed by atoms with Crippen molar-refractivity contribution in [2.75, 3.05) is 13.7 Å². The number of methoxy groups -OCH3 is 1. The molecule has 1 N–H and O–H groups in total. The average molecular weight is 331 g/mol. The van der Waals surface area contributed by atoms with E-state index in [1.165, 1.54) is 0 Å². The average Bonchev–Trinajstić information content (AvgIpc) is 3.08. The molecule has 5 nitrogen and oxygen atoms in total. The van der Waals surface area contributed by atoms with Gasteiger partial charge in [-0.3, -0.25) is 0 Å². The summed E-state index contributed by atoms with van der Waals surface area (Å²) in [6.07, 6.45) is 3.43. The van der Waals surface area contributed by atoms with E-state index >= 15 is 0 Å². The first-order valence-electron chi connectivity index (χ1n) is 7.74. The first kappa shape index (κ1) is 16.3. The molecule has 3 aromatic rings. The van der Waals surface area contributed by atoms with Gasteiger partial charge in [0.05, 0.1) is 23.7 Å². The van der Waals surface area contributed by atoms with Crippen LogP contribution in [0.25, 0.3) is 22.7 Å². The van der Waals surface area contributed by atoms with Crippen molar-refractivity contribution < 1.29 is 9.47 Å². The smallest absolute Gasteiger partial charge is 0.161 e. The number of rotatable bonds is 6. The van der Waals surface area contributed by atoms with Crippen molar-refractivity contribution in [3.63, 3.8) is 0 Å². The predicted molar refractivity (Wildman–Crippen MR) is 98.3 cm³/mol. The van der Waals surface area contributed by atoms with Gasteiger partial charge in [0.15, 0.2) is 11.5 Å². The van der Waals surface area contributed by atoms with Gasteiger partial charge in [-0.1, -0.05) is 30.9 Å². The maximum atomic E-state index is 9.52. The van der Waals surface area contributed by atoms with Gasteiger partial charge in [0.1, 0.15) is 18.5 Å². The van der Waals surface area contributed by atoms with E-state index in [9.17, 15) is 5.26 Å². The highest BCUT2D eigenvalue weighted by molar-refractivity contribution is 5.90. The number of fused-ring (bicyclic) bond motifs is 1. The molecule has 0 saturated carbocycles. The van der Waals surface area contributed by atoms with Gasteiger partial charge >= 0.3 is 0 Å². The van der Waals surface area contributed by atoms with Crippen LogP contribution in [0.4, 0.5) is 0 Å². The summed E-state index contributed by atoms with van der Waals surface area (Å²) < 4.78 is 10.9. The van der Waals surface area contributed by atoms with Crippen LogP contribution in [0.1, 0.15) is 11.4 Å². The molecule has 5 heteroatoms. The third-order valence-electron chi connectivity index (χ3n) is 3.62. The standard InChI is InChI=1S/C20H17N3O2/c1-3-10-25-18-9-8-14(12-19(18)24-2)11-15(13-21)20-22-16-6-4-5-7-17(16)23-20/h3-9,11-12H,1,10H2,2H3,(H,22,23). The second kappa shape index (κ2) is 7.37. The minimum absolute atomic E-state index is 0.397. The van der Waals surface area contributed by atoms with Crippen LogP contribution in [0.5, 0.6) is 11.5 Å². The molecule has 25 heavy (non-hydrogen) atoms. The minimum Gasteiger partial charge on any atom is -0.493 e. The molecular weight excluding hydrogens is 314 g/mol. The maximum absolute atomic E-state index is 9.52. The number of benzene rings is 2. The summed E-state index contributed by atoms with van der Waals surface area (Å²) in [5.41, 5.74) is 2.98. The summed E-state index contributed by atoms with van der Waals surface area (Å²) >= 11 is 0. The van der Waals surface area contributed by atoms with E-state index in [1.54, 1.807) is 19.3 Å². The highest BCUT2D eigenvalue weighted by Gasteiger charge is 2.09. The number of allylic oxidation sites excluding steroid dienone is 1. The fourth-order valence-corrected chi connectivity index (χ4v) is 2.44. The van der Waals surface area contributed by atoms with Crippen LogP contribution >= 0.6 is 0 Å². The van der Waals surface area contributed by atoms with Gasteiger partial charge in [0.2, 0.25) is 0 Å². The zero-order valence-corrected chi connectivity index (χ0v) is 13.8. The summed E-state index contributed by atoms with van der Waals surface area (Å²) in [5, 5.41) is 9.52. The lowest BCUT2D eigenvalue weighted by Gasteiger charge is -2.09. The third-order valence-corrected chi connectivity index (χ3v) is 3.62. The number of aromatic amines is 1. The fourth-order valence-electron chi connectivity index (χ4n) is 2.44. The molecule has 3 rings (SSSR count). The number of ether oxygens (including phenoxy) is 2. The first-order valence-corrected chi connectivity index (χ1v) is 7.74. The number of nitriles is 1. The van der Waals surface area contributed by atoms with Crippen molar-refractivity contribution in [1.82, 2.24) is 9.97 Å². The summed E-state index contributed by atoms with van der Waals surface area (Å²) in [5.74, 6) is 1.76. The molecule has 0 atom stereocenters. The van der Waals surface area contributed by atoms with Gasteiger partial charge < -0.3 is 14.5 Å². The van der Waals surface area contributed by atoms with E-state index < -0.39 is 0 Å². The number of hydrogen-bond donors (Lipinski definition) is 1. The Morgan fingerprint density at radius 2 is 2.12 bits per heavy atom. The molecule has 0 aliphatic rings. The molecule has 0 aliphatic heterocycles. The Bertz CT molecular complexity index is 947. The van der Waals surface area contributed by atoms with E-state index in [4.69, 9.17) is 9.47 Å². The summed E-state index contributed by atoms with van der Waals surface area (Å²) in [4.78, 5) is 7.63. The molecule has 0 aliphatic carbocycles. The lowest BCUT2D eigenvalue weighted by atomic mass is 10.1. The molecule has 1 heterocycles.